The fourth-order valence-corrected chi connectivity index (χ4v) is 1.15. The summed E-state index contributed by atoms with van der Waals surface area (Å²) in [6.07, 6.45) is 2.76. The van der Waals surface area contributed by atoms with Crippen LogP contribution in [0, 0.1) is 0 Å². The Morgan fingerprint density at radius 3 is 2.46 bits per heavy atom. The minimum Gasteiger partial charge on any atom is -0.478 e. The number of carbonyl (C=O) groups is 1. The molecule has 0 bridgehead atoms. The highest BCUT2D eigenvalue weighted by molar-refractivity contribution is 9.11. The van der Waals surface area contributed by atoms with Crippen molar-refractivity contribution in [3.63, 3.8) is 0 Å². The maximum atomic E-state index is 10.5. The van der Waals surface area contributed by atoms with Crippen LogP contribution in [0.3, 0.4) is 0 Å². The molecule has 13 heavy (non-hydrogen) atoms. The fraction of sp³-hybridized carbons (Fsp3) is 0.100. The monoisotopic (exact) mass is 240 g/mol. The zero-order chi connectivity index (χ0) is 9.68. The lowest BCUT2D eigenvalue weighted by Gasteiger charge is -1.97. The van der Waals surface area contributed by atoms with E-state index in [2.05, 4.69) is 15.9 Å². The van der Waals surface area contributed by atoms with Gasteiger partial charge in [0.25, 0.3) is 0 Å². The third kappa shape index (κ3) is 3.03. The Kier molecular flexibility index (Phi) is 3.71. The van der Waals surface area contributed by atoms with Crippen LogP contribution in [0.15, 0.2) is 35.3 Å². The van der Waals surface area contributed by atoms with Gasteiger partial charge < -0.3 is 5.11 Å². The molecule has 0 spiro atoms. The number of aromatic carboxylic acids is 1. The van der Waals surface area contributed by atoms with Crippen molar-refractivity contribution in [1.29, 1.82) is 0 Å². The highest BCUT2D eigenvalue weighted by Crippen LogP contribution is 2.05. The predicted molar refractivity (Wildman–Crippen MR) is 55.2 cm³/mol. The number of allylic oxidation sites excluding steroid dienone is 1. The van der Waals surface area contributed by atoms with E-state index in [9.17, 15) is 4.79 Å². The average Bonchev–Trinajstić information content (AvgIpc) is 2.15. The Balaban J connectivity index is 2.75. The maximum Gasteiger partial charge on any atom is 0.335 e. The number of halogens is 1. The first kappa shape index (κ1) is 9.99. The predicted octanol–water partition coefficient (Wildman–Crippen LogP) is 2.84. The van der Waals surface area contributed by atoms with E-state index in [1.54, 1.807) is 17.1 Å². The molecule has 0 atom stereocenters. The molecule has 0 aliphatic carbocycles. The van der Waals surface area contributed by atoms with Gasteiger partial charge in [-0.1, -0.05) is 34.1 Å². The largest absolute Gasteiger partial charge is 0.478 e. The van der Waals surface area contributed by atoms with Gasteiger partial charge >= 0.3 is 5.97 Å². The van der Waals surface area contributed by atoms with Gasteiger partial charge in [0.2, 0.25) is 0 Å². The second kappa shape index (κ2) is 4.82. The molecule has 1 aromatic rings. The second-order valence-corrected chi connectivity index (χ2v) is 3.10. The van der Waals surface area contributed by atoms with Crippen LogP contribution in [0.5, 0.6) is 0 Å². The van der Waals surface area contributed by atoms with Crippen molar-refractivity contribution in [3.8, 4) is 0 Å². The van der Waals surface area contributed by atoms with Crippen LogP contribution in [-0.4, -0.2) is 11.1 Å². The van der Waals surface area contributed by atoms with Crippen LogP contribution >= 0.6 is 15.9 Å². The maximum absolute atomic E-state index is 10.5. The molecule has 0 heterocycles. The van der Waals surface area contributed by atoms with E-state index in [0.29, 0.717) is 5.56 Å². The Labute approximate surface area is 85.0 Å². The summed E-state index contributed by atoms with van der Waals surface area (Å²) in [7, 11) is 0. The zero-order valence-electron chi connectivity index (χ0n) is 6.90. The lowest BCUT2D eigenvalue weighted by molar-refractivity contribution is 0.0697. The van der Waals surface area contributed by atoms with Crippen molar-refractivity contribution in [2.24, 2.45) is 0 Å². The first-order valence-electron chi connectivity index (χ1n) is 3.81. The molecule has 1 rings (SSSR count). The Bertz CT molecular complexity index is 314. The van der Waals surface area contributed by atoms with Gasteiger partial charge in [-0.3, -0.25) is 0 Å². The van der Waals surface area contributed by atoms with Crippen molar-refractivity contribution < 1.29 is 9.90 Å². The zero-order valence-corrected chi connectivity index (χ0v) is 8.49. The van der Waals surface area contributed by atoms with E-state index >= 15 is 0 Å². The van der Waals surface area contributed by atoms with Gasteiger partial charge in [0, 0.05) is 0 Å². The normalized spacial score (nSPS) is 10.5. The molecule has 0 radical (unpaired) electrons. The van der Waals surface area contributed by atoms with Gasteiger partial charge in [-0.2, -0.15) is 0 Å². The number of carboxylic acids is 1. The summed E-state index contributed by atoms with van der Waals surface area (Å²) in [6, 6.07) is 6.85. The molecule has 1 N–H and O–H groups in total. The third-order valence-corrected chi connectivity index (χ3v) is 2.02. The van der Waals surface area contributed by atoms with E-state index in [0.717, 1.165) is 12.0 Å². The summed E-state index contributed by atoms with van der Waals surface area (Å²) in [5.41, 5.74) is 1.42. The number of rotatable bonds is 3. The molecule has 0 unspecified atom stereocenters. The molecular weight excluding hydrogens is 232 g/mol. The number of benzene rings is 1. The number of hydrogen-bond donors (Lipinski definition) is 1. The Hall–Kier alpha value is -1.09. The molecule has 1 aromatic carbocycles. The Morgan fingerprint density at radius 1 is 1.38 bits per heavy atom. The van der Waals surface area contributed by atoms with Crippen LogP contribution in [0.1, 0.15) is 15.9 Å². The molecule has 0 amide bonds. The lowest BCUT2D eigenvalue weighted by Crippen LogP contribution is -1.95. The summed E-state index contributed by atoms with van der Waals surface area (Å²) in [5.74, 6) is -0.886. The van der Waals surface area contributed by atoms with E-state index in [4.69, 9.17) is 5.11 Å². The summed E-state index contributed by atoms with van der Waals surface area (Å²) in [5, 5.41) is 8.63. The van der Waals surface area contributed by atoms with Crippen molar-refractivity contribution in [2.45, 2.75) is 6.42 Å². The molecule has 2 nitrogen and oxygen atoms in total. The quantitative estimate of drug-likeness (QED) is 0.883. The number of hydrogen-bond acceptors (Lipinski definition) is 1. The molecule has 0 saturated carbocycles. The van der Waals surface area contributed by atoms with Gasteiger partial charge in [0.1, 0.15) is 0 Å². The van der Waals surface area contributed by atoms with Crippen LogP contribution in [0.2, 0.25) is 0 Å². The SMILES string of the molecule is O=C(O)c1ccc(CC=CBr)cc1. The smallest absolute Gasteiger partial charge is 0.335 e. The third-order valence-electron chi connectivity index (χ3n) is 1.64. The molecule has 0 saturated heterocycles. The number of carboxylic acid groups (broad SMARTS) is 1. The van der Waals surface area contributed by atoms with Crippen molar-refractivity contribution in [3.05, 3.63) is 46.5 Å². The van der Waals surface area contributed by atoms with E-state index in [1.165, 1.54) is 0 Å². The van der Waals surface area contributed by atoms with E-state index in [-0.39, 0.29) is 0 Å². The van der Waals surface area contributed by atoms with Gasteiger partial charge in [0.15, 0.2) is 0 Å². The molecular formula is C10H9BrO2. The lowest BCUT2D eigenvalue weighted by atomic mass is 10.1. The minimum absolute atomic E-state index is 0.326. The summed E-state index contributed by atoms with van der Waals surface area (Å²) in [6.45, 7) is 0. The molecule has 0 fully saturated rings. The van der Waals surface area contributed by atoms with Crippen molar-refractivity contribution in [1.82, 2.24) is 0 Å². The van der Waals surface area contributed by atoms with Gasteiger partial charge in [-0.25, -0.2) is 4.79 Å². The topological polar surface area (TPSA) is 37.3 Å². The molecule has 68 valence electrons. The molecule has 0 aliphatic rings. The van der Waals surface area contributed by atoms with Crippen LogP contribution in [-0.2, 0) is 6.42 Å². The highest BCUT2D eigenvalue weighted by Gasteiger charge is 2.00. The summed E-state index contributed by atoms with van der Waals surface area (Å²) in [4.78, 5) is 12.3. The molecule has 0 aromatic heterocycles. The second-order valence-electron chi connectivity index (χ2n) is 2.57. The van der Waals surface area contributed by atoms with Gasteiger partial charge in [0.05, 0.1) is 5.56 Å². The van der Waals surface area contributed by atoms with Crippen LogP contribution in [0.25, 0.3) is 0 Å². The molecule has 0 aliphatic heterocycles. The standard InChI is InChI=1S/C10H9BrO2/c11-7-1-2-8-3-5-9(6-4-8)10(12)13/h1,3-7H,2H2,(H,12,13). The van der Waals surface area contributed by atoms with E-state index in [1.807, 2.05) is 18.2 Å². The first-order chi connectivity index (χ1) is 6.24. The fourth-order valence-electron chi connectivity index (χ4n) is 0.964. The van der Waals surface area contributed by atoms with Gasteiger partial charge in [-0.15, -0.1) is 0 Å². The van der Waals surface area contributed by atoms with Crippen molar-refractivity contribution in [2.75, 3.05) is 0 Å². The summed E-state index contributed by atoms with van der Waals surface area (Å²) < 4.78 is 0. The van der Waals surface area contributed by atoms with E-state index < -0.39 is 5.97 Å². The highest BCUT2D eigenvalue weighted by atomic mass is 79.9. The minimum atomic E-state index is -0.886. The average molecular weight is 241 g/mol. The summed E-state index contributed by atoms with van der Waals surface area (Å²) >= 11 is 3.17. The van der Waals surface area contributed by atoms with Crippen molar-refractivity contribution >= 4 is 21.9 Å². The molecule has 3 heteroatoms. The first-order valence-corrected chi connectivity index (χ1v) is 4.73. The van der Waals surface area contributed by atoms with Gasteiger partial charge in [-0.05, 0) is 29.1 Å². The Morgan fingerprint density at radius 2 is 2.00 bits per heavy atom. The van der Waals surface area contributed by atoms with Crippen LogP contribution in [0.4, 0.5) is 0 Å². The van der Waals surface area contributed by atoms with Crippen LogP contribution < -0.4 is 0 Å².